The van der Waals surface area contributed by atoms with Gasteiger partial charge < -0.3 is 14.5 Å². The average Bonchev–Trinajstić information content (AvgIpc) is 3.41. The Morgan fingerprint density at radius 3 is 2.78 bits per heavy atom. The Kier molecular flexibility index (Phi) is 4.40. The van der Waals surface area contributed by atoms with Crippen molar-refractivity contribution in [3.8, 4) is 0 Å². The minimum absolute atomic E-state index is 0.130. The molecule has 0 bridgehead atoms. The molecule has 0 aromatic carbocycles. The average molecular weight is 384 g/mol. The monoisotopic (exact) mass is 383 g/mol. The first-order valence-electron chi connectivity index (χ1n) is 9.97. The van der Waals surface area contributed by atoms with E-state index in [0.717, 1.165) is 76.3 Å². The number of likely N-dealkylation sites (tertiary alicyclic amines) is 1. The van der Waals surface area contributed by atoms with Crippen LogP contribution in [0.3, 0.4) is 0 Å². The number of piperidine rings is 1. The van der Waals surface area contributed by atoms with Gasteiger partial charge in [-0.25, -0.2) is 4.98 Å². The maximum atomic E-state index is 13.0. The first-order valence-corrected chi connectivity index (χ1v) is 10.8. The number of pyridine rings is 1. The molecule has 5 heterocycles. The molecule has 2 aromatic heterocycles. The summed E-state index contributed by atoms with van der Waals surface area (Å²) < 4.78 is 6.32. The number of carbonyl (C=O) groups is 1. The molecule has 2 fully saturated rings. The number of fused-ring (bicyclic) bond motifs is 2. The van der Waals surface area contributed by atoms with E-state index >= 15 is 0 Å². The Hall–Kier alpha value is -1.92. The van der Waals surface area contributed by atoms with E-state index in [-0.39, 0.29) is 11.5 Å². The molecule has 3 aliphatic rings. The molecular weight excluding hydrogens is 358 g/mol. The summed E-state index contributed by atoms with van der Waals surface area (Å²) >= 11 is 1.85. The standard InChI is InChI=1S/C21H25N3O2S/c25-20(24-10-1-2-11-24)16-4-3-9-22-19(16)23-12-7-21(8-13-23)17-6-15-27-18(17)5-14-26-21/h3-4,6,9,15H,1-2,5,7-8,10-14H2. The number of rotatable bonds is 2. The quantitative estimate of drug-likeness (QED) is 0.797. The van der Waals surface area contributed by atoms with Crippen LogP contribution in [0.25, 0.3) is 0 Å². The van der Waals surface area contributed by atoms with Crippen molar-refractivity contribution in [3.05, 3.63) is 45.8 Å². The molecule has 142 valence electrons. The van der Waals surface area contributed by atoms with Gasteiger partial charge in [0.05, 0.1) is 17.8 Å². The Bertz CT molecular complexity index is 835. The van der Waals surface area contributed by atoms with E-state index < -0.39 is 0 Å². The van der Waals surface area contributed by atoms with Crippen LogP contribution in [0.4, 0.5) is 5.82 Å². The maximum absolute atomic E-state index is 13.0. The zero-order valence-electron chi connectivity index (χ0n) is 15.5. The van der Waals surface area contributed by atoms with E-state index in [1.165, 1.54) is 10.4 Å². The normalized spacial score (nSPS) is 21.5. The second-order valence-electron chi connectivity index (χ2n) is 7.71. The SMILES string of the molecule is O=C(c1cccnc1N1CCC2(CC1)OCCc1sccc12)N1CCCC1. The Morgan fingerprint density at radius 2 is 1.96 bits per heavy atom. The smallest absolute Gasteiger partial charge is 0.257 e. The molecule has 2 aromatic rings. The lowest BCUT2D eigenvalue weighted by molar-refractivity contribution is -0.0757. The van der Waals surface area contributed by atoms with E-state index in [9.17, 15) is 4.79 Å². The van der Waals surface area contributed by atoms with Gasteiger partial charge in [0.2, 0.25) is 0 Å². The van der Waals surface area contributed by atoms with Crippen molar-refractivity contribution in [3.63, 3.8) is 0 Å². The largest absolute Gasteiger partial charge is 0.370 e. The summed E-state index contributed by atoms with van der Waals surface area (Å²) in [6, 6.07) is 6.06. The Labute approximate surface area is 164 Å². The van der Waals surface area contributed by atoms with Crippen LogP contribution < -0.4 is 4.90 Å². The highest BCUT2D eigenvalue weighted by Crippen LogP contribution is 2.44. The summed E-state index contributed by atoms with van der Waals surface area (Å²) in [5.41, 5.74) is 2.00. The van der Waals surface area contributed by atoms with Crippen LogP contribution >= 0.6 is 11.3 Å². The number of ether oxygens (including phenoxy) is 1. The number of carbonyl (C=O) groups excluding carboxylic acids is 1. The number of amides is 1. The van der Waals surface area contributed by atoms with E-state index in [2.05, 4.69) is 21.3 Å². The third-order valence-corrected chi connectivity index (χ3v) is 7.21. The molecule has 1 spiro atoms. The fourth-order valence-corrected chi connectivity index (χ4v) is 5.71. The molecule has 0 N–H and O–H groups in total. The van der Waals surface area contributed by atoms with Gasteiger partial charge >= 0.3 is 0 Å². The Morgan fingerprint density at radius 1 is 1.15 bits per heavy atom. The number of aromatic nitrogens is 1. The highest BCUT2D eigenvalue weighted by Gasteiger charge is 2.42. The first-order chi connectivity index (χ1) is 13.3. The van der Waals surface area contributed by atoms with Crippen molar-refractivity contribution in [1.29, 1.82) is 0 Å². The highest BCUT2D eigenvalue weighted by atomic mass is 32.1. The summed E-state index contributed by atoms with van der Waals surface area (Å²) in [6.07, 6.45) is 6.94. The van der Waals surface area contributed by atoms with E-state index in [1.807, 2.05) is 28.4 Å². The summed E-state index contributed by atoms with van der Waals surface area (Å²) in [5.74, 6) is 0.968. The lowest BCUT2D eigenvalue weighted by Crippen LogP contribution is -2.47. The zero-order chi connectivity index (χ0) is 18.3. The lowest BCUT2D eigenvalue weighted by atomic mass is 9.82. The fraction of sp³-hybridized carbons (Fsp3) is 0.524. The summed E-state index contributed by atoms with van der Waals surface area (Å²) in [4.78, 5) is 23.3. The van der Waals surface area contributed by atoms with Crippen molar-refractivity contribution in [2.75, 3.05) is 37.7 Å². The van der Waals surface area contributed by atoms with Gasteiger partial charge in [-0.05, 0) is 54.8 Å². The third kappa shape index (κ3) is 2.95. The number of thiophene rings is 1. The topological polar surface area (TPSA) is 45.7 Å². The number of hydrogen-bond acceptors (Lipinski definition) is 5. The van der Waals surface area contributed by atoms with Crippen LogP contribution in [0.2, 0.25) is 0 Å². The Balaban J connectivity index is 1.37. The predicted molar refractivity (Wildman–Crippen MR) is 106 cm³/mol. The van der Waals surface area contributed by atoms with Crippen molar-refractivity contribution >= 4 is 23.1 Å². The number of hydrogen-bond donors (Lipinski definition) is 0. The number of anilines is 1. The molecule has 5 nitrogen and oxygen atoms in total. The molecule has 2 saturated heterocycles. The molecule has 27 heavy (non-hydrogen) atoms. The van der Waals surface area contributed by atoms with Gasteiger partial charge in [0, 0.05) is 43.7 Å². The van der Waals surface area contributed by atoms with Gasteiger partial charge in [-0.2, -0.15) is 0 Å². The van der Waals surface area contributed by atoms with Crippen LogP contribution in [-0.4, -0.2) is 48.6 Å². The minimum atomic E-state index is -0.141. The molecule has 0 saturated carbocycles. The zero-order valence-corrected chi connectivity index (χ0v) is 16.3. The van der Waals surface area contributed by atoms with Crippen molar-refractivity contribution in [1.82, 2.24) is 9.88 Å². The summed E-state index contributed by atoms with van der Waals surface area (Å²) in [7, 11) is 0. The second-order valence-corrected chi connectivity index (χ2v) is 8.71. The lowest BCUT2D eigenvalue weighted by Gasteiger charge is -2.44. The van der Waals surface area contributed by atoms with Crippen molar-refractivity contribution in [2.45, 2.75) is 37.7 Å². The van der Waals surface area contributed by atoms with Crippen molar-refractivity contribution < 1.29 is 9.53 Å². The molecule has 0 radical (unpaired) electrons. The molecule has 5 rings (SSSR count). The first kappa shape index (κ1) is 17.2. The predicted octanol–water partition coefficient (Wildman–Crippen LogP) is 3.45. The van der Waals surface area contributed by atoms with Gasteiger partial charge in [-0.1, -0.05) is 0 Å². The van der Waals surface area contributed by atoms with E-state index in [0.29, 0.717) is 0 Å². The number of nitrogens with zero attached hydrogens (tertiary/aromatic N) is 3. The van der Waals surface area contributed by atoms with Gasteiger partial charge in [-0.15, -0.1) is 11.3 Å². The molecular formula is C21H25N3O2S. The van der Waals surface area contributed by atoms with Gasteiger partial charge in [0.1, 0.15) is 5.82 Å². The minimum Gasteiger partial charge on any atom is -0.370 e. The molecule has 3 aliphatic heterocycles. The fourth-order valence-electron chi connectivity index (χ4n) is 4.76. The van der Waals surface area contributed by atoms with E-state index in [4.69, 9.17) is 4.74 Å². The summed E-state index contributed by atoms with van der Waals surface area (Å²) in [5, 5.41) is 2.19. The maximum Gasteiger partial charge on any atom is 0.257 e. The molecule has 1 amide bonds. The molecule has 0 unspecified atom stereocenters. The van der Waals surface area contributed by atoms with E-state index in [1.54, 1.807) is 6.20 Å². The van der Waals surface area contributed by atoms with Crippen LogP contribution in [0.5, 0.6) is 0 Å². The van der Waals surface area contributed by atoms with Crippen LogP contribution in [0.15, 0.2) is 29.8 Å². The summed E-state index contributed by atoms with van der Waals surface area (Å²) in [6.45, 7) is 4.28. The highest BCUT2D eigenvalue weighted by molar-refractivity contribution is 7.10. The van der Waals surface area contributed by atoms with Crippen LogP contribution in [0, 0.1) is 0 Å². The van der Waals surface area contributed by atoms with Crippen molar-refractivity contribution in [2.24, 2.45) is 0 Å². The third-order valence-electron chi connectivity index (χ3n) is 6.22. The molecule has 0 aliphatic carbocycles. The molecule has 0 atom stereocenters. The van der Waals surface area contributed by atoms with Crippen LogP contribution in [0.1, 0.15) is 46.5 Å². The second kappa shape index (κ2) is 6.91. The van der Waals surface area contributed by atoms with Gasteiger partial charge in [0.25, 0.3) is 5.91 Å². The van der Waals surface area contributed by atoms with Gasteiger partial charge in [-0.3, -0.25) is 4.79 Å². The van der Waals surface area contributed by atoms with Crippen LogP contribution in [-0.2, 0) is 16.8 Å². The van der Waals surface area contributed by atoms with Gasteiger partial charge in [0.15, 0.2) is 0 Å². The molecule has 6 heteroatoms.